The minimum Gasteiger partial charge on any atom is -0.487 e. The van der Waals surface area contributed by atoms with Gasteiger partial charge in [-0.05, 0) is 72.9 Å². The van der Waals surface area contributed by atoms with Crippen LogP contribution in [0.1, 0.15) is 72.8 Å². The quantitative estimate of drug-likeness (QED) is 0.0741. The van der Waals surface area contributed by atoms with Gasteiger partial charge in [0.15, 0.2) is 17.4 Å². The Morgan fingerprint density at radius 3 is 2.35 bits per heavy atom. The number of rotatable bonds is 17. The third kappa shape index (κ3) is 15.2. The highest BCUT2D eigenvalue weighted by Gasteiger charge is 2.27. The van der Waals surface area contributed by atoms with Crippen LogP contribution >= 0.6 is 0 Å². The Balaban J connectivity index is 1.56. The number of halogens is 1. The van der Waals surface area contributed by atoms with E-state index in [1.807, 2.05) is 6.07 Å². The Hall–Kier alpha value is -4.95. The van der Waals surface area contributed by atoms with Crippen molar-refractivity contribution in [1.82, 2.24) is 15.3 Å². The number of carbonyl (C=O) groups excluding carboxylic acids is 3. The molecule has 0 unspecified atom stereocenters. The molecule has 0 saturated carbocycles. The summed E-state index contributed by atoms with van der Waals surface area (Å²) in [4.78, 5) is 46.2. The fourth-order valence-corrected chi connectivity index (χ4v) is 4.53. The number of carbonyl (C=O) groups is 3. The van der Waals surface area contributed by atoms with Gasteiger partial charge in [0, 0.05) is 37.9 Å². The molecule has 2 aromatic rings. The summed E-state index contributed by atoms with van der Waals surface area (Å²) >= 11 is 0. The number of ether oxygens (including phenoxy) is 6. The first-order valence-corrected chi connectivity index (χ1v) is 16.6. The van der Waals surface area contributed by atoms with Crippen molar-refractivity contribution in [2.24, 2.45) is 0 Å². The van der Waals surface area contributed by atoms with Crippen LogP contribution < -0.4 is 26.2 Å². The molecule has 51 heavy (non-hydrogen) atoms. The highest BCUT2D eigenvalue weighted by atomic mass is 19.2. The molecular weight excluding hydrogens is 669 g/mol. The molecule has 2 aromatic heterocycles. The van der Waals surface area contributed by atoms with Crippen LogP contribution in [0.2, 0.25) is 0 Å². The van der Waals surface area contributed by atoms with Crippen LogP contribution in [-0.4, -0.2) is 90.9 Å². The molecule has 0 radical (unpaired) electrons. The van der Waals surface area contributed by atoms with Crippen LogP contribution in [-0.2, 0) is 33.3 Å². The molecule has 1 amide bonds. The SMILES string of the molecule is CC(C)(C)OC(=O)CC[C@H](NC(=O)OC(C)(C)C)C(=O)OCCOCCOc1cc(NF)c(Nc2ccc(C#N)cn2)nc1NC1CCOCC1. The maximum absolute atomic E-state index is 13.9. The molecule has 0 spiro atoms. The third-order valence-corrected chi connectivity index (χ3v) is 6.78. The Morgan fingerprint density at radius 1 is 1.02 bits per heavy atom. The average Bonchev–Trinajstić information content (AvgIpc) is 3.06. The molecule has 0 aromatic carbocycles. The van der Waals surface area contributed by atoms with Gasteiger partial charge in [-0.2, -0.15) is 5.26 Å². The van der Waals surface area contributed by atoms with Crippen molar-refractivity contribution in [1.29, 1.82) is 5.26 Å². The zero-order valence-corrected chi connectivity index (χ0v) is 29.9. The molecule has 17 heteroatoms. The average molecular weight is 718 g/mol. The Kier molecular flexibility index (Phi) is 15.4. The first-order valence-electron chi connectivity index (χ1n) is 16.6. The van der Waals surface area contributed by atoms with E-state index >= 15 is 0 Å². The summed E-state index contributed by atoms with van der Waals surface area (Å²) in [6.07, 6.45) is 1.83. The Morgan fingerprint density at radius 2 is 1.73 bits per heavy atom. The van der Waals surface area contributed by atoms with Gasteiger partial charge in [0.25, 0.3) is 0 Å². The number of anilines is 4. The van der Waals surface area contributed by atoms with Crippen molar-refractivity contribution in [2.75, 3.05) is 55.8 Å². The number of hydrogen-bond donors (Lipinski definition) is 4. The lowest BCUT2D eigenvalue weighted by atomic mass is 10.1. The van der Waals surface area contributed by atoms with Crippen molar-refractivity contribution >= 4 is 41.2 Å². The normalized spacial score (nSPS) is 14.0. The van der Waals surface area contributed by atoms with Crippen LogP contribution in [0.25, 0.3) is 0 Å². The van der Waals surface area contributed by atoms with Crippen molar-refractivity contribution in [2.45, 2.75) is 90.5 Å². The molecule has 1 fully saturated rings. The molecular formula is C34H48FN7O9. The maximum Gasteiger partial charge on any atom is 0.408 e. The van der Waals surface area contributed by atoms with Crippen molar-refractivity contribution in [3.05, 3.63) is 30.0 Å². The molecule has 1 aliphatic rings. The summed E-state index contributed by atoms with van der Waals surface area (Å²) in [7, 11) is 0. The monoisotopic (exact) mass is 717 g/mol. The zero-order valence-electron chi connectivity index (χ0n) is 29.9. The number of amides is 1. The first kappa shape index (κ1) is 40.5. The van der Waals surface area contributed by atoms with Gasteiger partial charge in [0.05, 0.1) is 18.8 Å². The lowest BCUT2D eigenvalue weighted by Gasteiger charge is -2.25. The number of hydrogen-bond acceptors (Lipinski definition) is 15. The number of nitrogens with one attached hydrogen (secondary N) is 4. The van der Waals surface area contributed by atoms with Crippen molar-refractivity contribution in [3.8, 4) is 11.8 Å². The smallest absolute Gasteiger partial charge is 0.408 e. The van der Waals surface area contributed by atoms with Gasteiger partial charge in [0.1, 0.15) is 48.0 Å². The second-order valence-electron chi connectivity index (χ2n) is 13.5. The third-order valence-electron chi connectivity index (χ3n) is 6.78. The molecule has 3 rings (SSSR count). The van der Waals surface area contributed by atoms with E-state index in [1.165, 1.54) is 12.3 Å². The number of alkyl carbamates (subject to hydrolysis) is 1. The van der Waals surface area contributed by atoms with E-state index in [-0.39, 0.29) is 62.6 Å². The number of nitrogens with zero attached hydrogens (tertiary/aromatic N) is 3. The van der Waals surface area contributed by atoms with E-state index in [0.29, 0.717) is 30.4 Å². The number of nitriles is 1. The maximum atomic E-state index is 13.9. The molecule has 1 aliphatic heterocycles. The largest absolute Gasteiger partial charge is 0.487 e. The molecule has 16 nitrogen and oxygen atoms in total. The summed E-state index contributed by atoms with van der Waals surface area (Å²) in [5.41, 5.74) is 0.479. The lowest BCUT2D eigenvalue weighted by Crippen LogP contribution is -2.45. The Bertz CT molecular complexity index is 1490. The number of pyridine rings is 2. The summed E-state index contributed by atoms with van der Waals surface area (Å²) in [5, 5.41) is 17.8. The fourth-order valence-electron chi connectivity index (χ4n) is 4.53. The minimum absolute atomic E-state index is 0.00346. The summed E-state index contributed by atoms with van der Waals surface area (Å²) < 4.78 is 46.7. The second-order valence-corrected chi connectivity index (χ2v) is 13.5. The van der Waals surface area contributed by atoms with E-state index < -0.39 is 35.3 Å². The van der Waals surface area contributed by atoms with Crippen LogP contribution in [0.3, 0.4) is 0 Å². The standard InChI is InChI=1S/C34H48FN7O9/c1-33(2,3)50-28(43)10-8-24(39-32(45)51-34(4,5)6)31(44)49-18-16-47-15-17-48-26-19-25(42-35)29(40-27-9-7-22(20-36)21-37-27)41-30(26)38-23-11-13-46-14-12-23/h7,9,19,21,23-24,42H,8,10-18H2,1-6H3,(H,39,45)(H2,37,38,40,41)/t24-/m0/s1. The van der Waals surface area contributed by atoms with Gasteiger partial charge in [0.2, 0.25) is 0 Å². The molecule has 1 atom stereocenters. The van der Waals surface area contributed by atoms with Gasteiger partial charge >= 0.3 is 18.0 Å². The van der Waals surface area contributed by atoms with Crippen molar-refractivity contribution in [3.63, 3.8) is 0 Å². The topological polar surface area (TPSA) is 204 Å². The second kappa shape index (κ2) is 19.4. The number of aromatic nitrogens is 2. The molecule has 0 bridgehead atoms. The van der Waals surface area contributed by atoms with E-state index in [1.54, 1.807) is 59.2 Å². The minimum atomic E-state index is -1.16. The molecule has 1 saturated heterocycles. The van der Waals surface area contributed by atoms with Gasteiger partial charge in [-0.3, -0.25) is 4.79 Å². The summed E-state index contributed by atoms with van der Waals surface area (Å²) in [5.74, 6) is -0.181. The van der Waals surface area contributed by atoms with Gasteiger partial charge in [-0.15, -0.1) is 4.48 Å². The predicted octanol–water partition coefficient (Wildman–Crippen LogP) is 4.93. The van der Waals surface area contributed by atoms with Crippen LogP contribution in [0.15, 0.2) is 24.4 Å². The highest BCUT2D eigenvalue weighted by Crippen LogP contribution is 2.34. The highest BCUT2D eigenvalue weighted by molar-refractivity contribution is 5.82. The van der Waals surface area contributed by atoms with Crippen LogP contribution in [0.5, 0.6) is 5.75 Å². The predicted molar refractivity (Wildman–Crippen MR) is 184 cm³/mol. The van der Waals surface area contributed by atoms with E-state index in [4.69, 9.17) is 33.7 Å². The fraction of sp³-hybridized carbons (Fsp3) is 0.588. The summed E-state index contributed by atoms with van der Waals surface area (Å²) in [6, 6.07) is 5.47. The zero-order chi connectivity index (χ0) is 37.4. The summed E-state index contributed by atoms with van der Waals surface area (Å²) in [6.45, 7) is 11.4. The molecule has 3 heterocycles. The first-order chi connectivity index (χ1) is 24.2. The molecule has 4 N–H and O–H groups in total. The van der Waals surface area contributed by atoms with Crippen molar-refractivity contribution < 1.29 is 47.3 Å². The van der Waals surface area contributed by atoms with E-state index in [2.05, 4.69) is 25.9 Å². The van der Waals surface area contributed by atoms with Crippen LogP contribution in [0.4, 0.5) is 32.4 Å². The van der Waals surface area contributed by atoms with E-state index in [0.717, 1.165) is 12.8 Å². The van der Waals surface area contributed by atoms with Gasteiger partial charge in [-0.25, -0.2) is 25.1 Å². The number of esters is 2. The van der Waals surface area contributed by atoms with E-state index in [9.17, 15) is 18.9 Å². The van der Waals surface area contributed by atoms with Gasteiger partial charge in [-0.1, -0.05) is 0 Å². The lowest BCUT2D eigenvalue weighted by molar-refractivity contribution is -0.155. The Labute approximate surface area is 297 Å². The van der Waals surface area contributed by atoms with Gasteiger partial charge < -0.3 is 44.4 Å². The molecule has 0 aliphatic carbocycles. The molecule has 280 valence electrons. The van der Waals surface area contributed by atoms with Crippen LogP contribution in [0, 0.1) is 11.3 Å².